The Morgan fingerprint density at radius 2 is 1.51 bits per heavy atom. The Kier molecular flexibility index (Phi) is 8.73. The lowest BCUT2D eigenvalue weighted by atomic mass is 9.89. The number of benzene rings is 1. The number of aliphatic hydroxyl groups is 8. The molecule has 0 saturated carbocycles. The molecular formula is C25H33NO13. The second-order valence-electron chi connectivity index (χ2n) is 9.92. The van der Waals surface area contributed by atoms with Gasteiger partial charge in [0.25, 0.3) is 0 Å². The average molecular weight is 556 g/mol. The van der Waals surface area contributed by atoms with E-state index in [9.17, 15) is 50.8 Å². The molecule has 216 valence electrons. The molecule has 1 aromatic carbocycles. The Bertz CT molecular complexity index is 1280. The number of aryl methyl sites for hydroxylation is 1. The second kappa shape index (κ2) is 11.5. The van der Waals surface area contributed by atoms with Crippen LogP contribution < -0.4 is 5.43 Å². The molecule has 0 radical (unpaired) electrons. The average Bonchev–Trinajstić information content (AvgIpc) is 2.88. The van der Waals surface area contributed by atoms with Crippen LogP contribution in [0.3, 0.4) is 0 Å². The summed E-state index contributed by atoms with van der Waals surface area (Å²) < 4.78 is 16.7. The van der Waals surface area contributed by atoms with Crippen LogP contribution in [0.25, 0.3) is 11.0 Å². The Morgan fingerprint density at radius 1 is 0.897 bits per heavy atom. The number of fused-ring (bicyclic) bond motifs is 1. The van der Waals surface area contributed by atoms with Crippen LogP contribution in [0.1, 0.15) is 29.9 Å². The van der Waals surface area contributed by atoms with Crippen molar-refractivity contribution in [2.75, 3.05) is 13.2 Å². The highest BCUT2D eigenvalue weighted by molar-refractivity contribution is 5.87. The van der Waals surface area contributed by atoms with E-state index >= 15 is 0 Å². The molecule has 9 N–H and O–H groups in total. The van der Waals surface area contributed by atoms with Gasteiger partial charge in [-0.25, -0.2) is 0 Å². The molecule has 0 spiro atoms. The van der Waals surface area contributed by atoms with Crippen molar-refractivity contribution in [1.82, 2.24) is 0 Å². The van der Waals surface area contributed by atoms with Gasteiger partial charge in [-0.3, -0.25) is 9.79 Å². The number of nitrogens with zero attached hydrogens (tertiary/aromatic N) is 1. The van der Waals surface area contributed by atoms with E-state index in [-0.39, 0.29) is 34.4 Å². The Morgan fingerprint density at radius 3 is 2.15 bits per heavy atom. The summed E-state index contributed by atoms with van der Waals surface area (Å²) in [6.45, 7) is 1.74. The molecule has 0 bridgehead atoms. The molecule has 2 aliphatic rings. The predicted molar refractivity (Wildman–Crippen MR) is 132 cm³/mol. The summed E-state index contributed by atoms with van der Waals surface area (Å²) in [7, 11) is 0. The standard InChI is InChI=1S/C25H33NO13/c1-8-3-11(29)16(24-22(35)21(34)19(32)13(6-27)38-24)23-15(8)12(30)5-10(37-23)4-9(2)26-17-20(33)18(31)14(7-28)39-25(17)36/h3,5,13-14,17-22,24-25,27-29,31-36H,4,6-7H2,1-2H3/b26-9-. The molecule has 0 aliphatic carbocycles. The molecule has 1 aromatic heterocycles. The third kappa shape index (κ3) is 5.45. The molecular weight excluding hydrogens is 522 g/mol. The van der Waals surface area contributed by atoms with Crippen LogP contribution in [0.2, 0.25) is 0 Å². The van der Waals surface area contributed by atoms with Gasteiger partial charge in [0, 0.05) is 18.2 Å². The topological polar surface area (TPSA) is 243 Å². The number of phenols is 1. The zero-order chi connectivity index (χ0) is 28.8. The lowest BCUT2D eigenvalue weighted by Gasteiger charge is -2.40. The van der Waals surface area contributed by atoms with Crippen LogP contribution in [-0.2, 0) is 15.9 Å². The summed E-state index contributed by atoms with van der Waals surface area (Å²) in [4.78, 5) is 17.3. The predicted octanol–water partition coefficient (Wildman–Crippen LogP) is -2.87. The summed E-state index contributed by atoms with van der Waals surface area (Å²) >= 11 is 0. The highest BCUT2D eigenvalue weighted by atomic mass is 16.6. The van der Waals surface area contributed by atoms with Gasteiger partial charge in [0.05, 0.1) is 24.2 Å². The van der Waals surface area contributed by atoms with Gasteiger partial charge in [-0.15, -0.1) is 0 Å². The summed E-state index contributed by atoms with van der Waals surface area (Å²) in [5.41, 5.74) is -0.241. The van der Waals surface area contributed by atoms with Crippen LogP contribution in [0.4, 0.5) is 0 Å². The van der Waals surface area contributed by atoms with Crippen molar-refractivity contribution in [1.29, 1.82) is 0 Å². The summed E-state index contributed by atoms with van der Waals surface area (Å²) in [6.07, 6.45) is -13.9. The normalized spacial score (nSPS) is 35.9. The number of aromatic hydroxyl groups is 1. The largest absolute Gasteiger partial charge is 0.507 e. The van der Waals surface area contributed by atoms with Crippen LogP contribution in [-0.4, -0.2) is 120 Å². The van der Waals surface area contributed by atoms with E-state index < -0.39 is 85.6 Å². The van der Waals surface area contributed by atoms with E-state index in [0.29, 0.717) is 5.56 Å². The number of aliphatic hydroxyl groups excluding tert-OH is 8. The molecule has 0 amide bonds. The smallest absolute Gasteiger partial charge is 0.193 e. The number of hydrogen-bond donors (Lipinski definition) is 9. The van der Waals surface area contributed by atoms with Gasteiger partial charge in [0.2, 0.25) is 0 Å². The highest BCUT2D eigenvalue weighted by Crippen LogP contribution is 2.41. The van der Waals surface area contributed by atoms with E-state index in [4.69, 9.17) is 13.9 Å². The van der Waals surface area contributed by atoms with Gasteiger partial charge in [0.15, 0.2) is 11.7 Å². The van der Waals surface area contributed by atoms with Crippen molar-refractivity contribution in [3.8, 4) is 5.75 Å². The van der Waals surface area contributed by atoms with Crippen molar-refractivity contribution in [2.45, 2.75) is 81.4 Å². The first kappa shape index (κ1) is 29.5. The molecule has 10 atom stereocenters. The molecule has 14 heteroatoms. The fraction of sp³-hybridized carbons (Fsp3) is 0.600. The minimum Gasteiger partial charge on any atom is -0.507 e. The molecule has 2 saturated heterocycles. The number of rotatable bonds is 6. The maximum absolute atomic E-state index is 13.1. The minimum atomic E-state index is -1.75. The number of aliphatic imine (C=N–C) groups is 1. The van der Waals surface area contributed by atoms with Crippen LogP contribution in [0, 0.1) is 6.92 Å². The van der Waals surface area contributed by atoms with Gasteiger partial charge in [-0.2, -0.15) is 0 Å². The fourth-order valence-corrected chi connectivity index (χ4v) is 5.05. The zero-order valence-corrected chi connectivity index (χ0v) is 21.2. The Hall–Kier alpha value is -2.50. The first-order chi connectivity index (χ1) is 18.4. The first-order valence-corrected chi connectivity index (χ1v) is 12.3. The van der Waals surface area contributed by atoms with Crippen LogP contribution >= 0.6 is 0 Å². The van der Waals surface area contributed by atoms with Crippen LogP contribution in [0.5, 0.6) is 5.75 Å². The molecule has 2 aliphatic heterocycles. The third-order valence-electron chi connectivity index (χ3n) is 7.11. The molecule has 2 aromatic rings. The number of ether oxygens (including phenoxy) is 2. The molecule has 3 heterocycles. The van der Waals surface area contributed by atoms with Crippen molar-refractivity contribution >= 4 is 16.7 Å². The highest BCUT2D eigenvalue weighted by Gasteiger charge is 2.46. The Labute approximate surface area is 221 Å². The lowest BCUT2D eigenvalue weighted by molar-refractivity contribution is -0.248. The SMILES string of the molecule is C/C(Cc1cc(=O)c2c(C)cc(O)c(C3OC(CO)C(O)C(O)C3O)c2o1)=N/C1C(O)OC(CO)C(O)C1O. The maximum Gasteiger partial charge on any atom is 0.193 e. The van der Waals surface area contributed by atoms with Gasteiger partial charge < -0.3 is 59.8 Å². The lowest BCUT2D eigenvalue weighted by Crippen LogP contribution is -2.58. The van der Waals surface area contributed by atoms with Gasteiger partial charge >= 0.3 is 0 Å². The Balaban J connectivity index is 1.73. The summed E-state index contributed by atoms with van der Waals surface area (Å²) in [6, 6.07) is 1.15. The number of phenolic OH excluding ortho intramolecular Hbond substituents is 1. The van der Waals surface area contributed by atoms with Gasteiger partial charge in [0.1, 0.15) is 72.0 Å². The zero-order valence-electron chi connectivity index (χ0n) is 21.2. The fourth-order valence-electron chi connectivity index (χ4n) is 5.05. The van der Waals surface area contributed by atoms with Crippen molar-refractivity contribution in [2.24, 2.45) is 4.99 Å². The van der Waals surface area contributed by atoms with E-state index in [2.05, 4.69) is 4.99 Å². The minimum absolute atomic E-state index is 0.0408. The molecule has 14 nitrogen and oxygen atoms in total. The third-order valence-corrected chi connectivity index (χ3v) is 7.11. The van der Waals surface area contributed by atoms with Crippen molar-refractivity contribution < 1.29 is 59.8 Å². The number of hydrogen-bond acceptors (Lipinski definition) is 14. The van der Waals surface area contributed by atoms with E-state index in [1.54, 1.807) is 6.92 Å². The van der Waals surface area contributed by atoms with Crippen molar-refractivity contribution in [3.05, 3.63) is 39.2 Å². The summed E-state index contributed by atoms with van der Waals surface area (Å²) in [5.74, 6) is -0.382. The van der Waals surface area contributed by atoms with Gasteiger partial charge in [-0.05, 0) is 25.5 Å². The second-order valence-corrected chi connectivity index (χ2v) is 9.92. The van der Waals surface area contributed by atoms with Crippen molar-refractivity contribution in [3.63, 3.8) is 0 Å². The maximum atomic E-state index is 13.1. The van der Waals surface area contributed by atoms with E-state index in [1.165, 1.54) is 19.1 Å². The summed E-state index contributed by atoms with van der Waals surface area (Å²) in [5, 5.41) is 91.3. The van der Waals surface area contributed by atoms with Crippen LogP contribution in [0.15, 0.2) is 26.3 Å². The van der Waals surface area contributed by atoms with E-state index in [0.717, 1.165) is 0 Å². The van der Waals surface area contributed by atoms with E-state index in [1.807, 2.05) is 0 Å². The molecule has 4 rings (SSSR count). The molecule has 2 fully saturated rings. The quantitative estimate of drug-likeness (QED) is 0.163. The monoisotopic (exact) mass is 555 g/mol. The molecule has 10 unspecified atom stereocenters. The van der Waals surface area contributed by atoms with Gasteiger partial charge in [-0.1, -0.05) is 0 Å². The first-order valence-electron chi connectivity index (χ1n) is 12.3. The molecule has 39 heavy (non-hydrogen) atoms.